The largest absolute Gasteiger partial charge is 0.382 e. The molecule has 1 amide bonds. The van der Waals surface area contributed by atoms with Crippen LogP contribution in [0.15, 0.2) is 35.6 Å². The molecular weight excluding hydrogens is 398 g/mol. The molecule has 1 heterocycles. The van der Waals surface area contributed by atoms with Gasteiger partial charge in [-0.15, -0.1) is 0 Å². The summed E-state index contributed by atoms with van der Waals surface area (Å²) in [5.41, 5.74) is 9.70. The van der Waals surface area contributed by atoms with E-state index in [4.69, 9.17) is 11.0 Å². The molecule has 1 aromatic heterocycles. The molecule has 1 aromatic carbocycles. The molecule has 2 atom stereocenters. The number of carbonyl (C=O) groups excluding carboxylic acids is 1. The molecule has 1 aliphatic carbocycles. The molecule has 2 aromatic rings. The summed E-state index contributed by atoms with van der Waals surface area (Å²) in [6.07, 6.45) is 1.02. The number of anilines is 1. The molecule has 4 N–H and O–H groups in total. The summed E-state index contributed by atoms with van der Waals surface area (Å²) in [5.74, 6) is -4.19. The standard InChI is InChI=1S/C19H20F2N6OS/c1-24-27-16(23)12-4-2-11(3-5-12)15(13-6-7-19(20,21)8-13)17(28)26-18-25-10-14(9-22)29-18/h2-5,10,13,15,24H,6-8H2,1H3,(H2,23,27)(H,25,26,28). The maximum Gasteiger partial charge on any atom is 0.248 e. The lowest BCUT2D eigenvalue weighted by Gasteiger charge is -2.23. The summed E-state index contributed by atoms with van der Waals surface area (Å²) in [6, 6.07) is 8.77. The quantitative estimate of drug-likeness (QED) is 0.379. The van der Waals surface area contributed by atoms with Gasteiger partial charge in [-0.2, -0.15) is 10.4 Å². The zero-order valence-corrected chi connectivity index (χ0v) is 16.5. The van der Waals surface area contributed by atoms with Gasteiger partial charge < -0.3 is 16.5 Å². The van der Waals surface area contributed by atoms with Crippen LogP contribution in [-0.2, 0) is 4.79 Å². The number of carbonyl (C=O) groups is 1. The van der Waals surface area contributed by atoms with Gasteiger partial charge in [0.1, 0.15) is 10.9 Å². The van der Waals surface area contributed by atoms with Crippen molar-refractivity contribution in [3.05, 3.63) is 46.5 Å². The Kier molecular flexibility index (Phi) is 6.08. The fraction of sp³-hybridized carbons (Fsp3) is 0.368. The van der Waals surface area contributed by atoms with Gasteiger partial charge in [0, 0.05) is 25.5 Å². The predicted octanol–water partition coefficient (Wildman–Crippen LogP) is 3.01. The van der Waals surface area contributed by atoms with Crippen molar-refractivity contribution in [2.24, 2.45) is 16.8 Å². The van der Waals surface area contributed by atoms with Crippen molar-refractivity contribution in [3.8, 4) is 6.07 Å². The van der Waals surface area contributed by atoms with Crippen molar-refractivity contribution >= 4 is 28.2 Å². The van der Waals surface area contributed by atoms with Gasteiger partial charge in [-0.1, -0.05) is 35.6 Å². The minimum absolute atomic E-state index is 0.239. The monoisotopic (exact) mass is 418 g/mol. The Labute approximate surface area is 170 Å². The van der Waals surface area contributed by atoms with Crippen molar-refractivity contribution in [1.29, 1.82) is 5.26 Å². The normalized spacial score (nSPS) is 19.4. The van der Waals surface area contributed by atoms with Gasteiger partial charge in [0.2, 0.25) is 11.8 Å². The molecule has 10 heteroatoms. The van der Waals surface area contributed by atoms with Crippen LogP contribution in [-0.4, -0.2) is 29.7 Å². The summed E-state index contributed by atoms with van der Waals surface area (Å²) >= 11 is 1.04. The van der Waals surface area contributed by atoms with Gasteiger partial charge >= 0.3 is 0 Å². The van der Waals surface area contributed by atoms with Gasteiger partial charge in [0.25, 0.3) is 0 Å². The number of amides is 1. The van der Waals surface area contributed by atoms with E-state index in [9.17, 15) is 13.6 Å². The molecule has 0 aliphatic heterocycles. The maximum absolute atomic E-state index is 13.8. The molecule has 2 unspecified atom stereocenters. The first-order valence-corrected chi connectivity index (χ1v) is 9.79. The number of hydrogen-bond acceptors (Lipinski definition) is 6. The highest BCUT2D eigenvalue weighted by molar-refractivity contribution is 7.16. The number of amidine groups is 1. The van der Waals surface area contributed by atoms with E-state index in [-0.39, 0.29) is 30.2 Å². The van der Waals surface area contributed by atoms with Crippen molar-refractivity contribution in [2.75, 3.05) is 12.4 Å². The van der Waals surface area contributed by atoms with E-state index in [1.165, 1.54) is 6.20 Å². The topological polar surface area (TPSA) is 116 Å². The maximum atomic E-state index is 13.8. The lowest BCUT2D eigenvalue weighted by Crippen LogP contribution is -2.27. The third-order valence-corrected chi connectivity index (χ3v) is 5.66. The smallest absolute Gasteiger partial charge is 0.248 e. The van der Waals surface area contributed by atoms with E-state index in [0.717, 1.165) is 11.3 Å². The molecule has 1 saturated carbocycles. The van der Waals surface area contributed by atoms with Crippen LogP contribution in [0, 0.1) is 17.2 Å². The second-order valence-electron chi connectivity index (χ2n) is 6.81. The number of aromatic nitrogens is 1. The van der Waals surface area contributed by atoms with Crippen molar-refractivity contribution < 1.29 is 13.6 Å². The van der Waals surface area contributed by atoms with E-state index in [1.807, 2.05) is 6.07 Å². The third kappa shape index (κ3) is 4.86. The number of halogens is 2. The van der Waals surface area contributed by atoms with Crippen LogP contribution in [0.5, 0.6) is 0 Å². The fourth-order valence-electron chi connectivity index (χ4n) is 3.52. The molecule has 0 spiro atoms. The lowest BCUT2D eigenvalue weighted by atomic mass is 9.83. The van der Waals surface area contributed by atoms with E-state index < -0.39 is 23.7 Å². The Bertz CT molecular complexity index is 950. The van der Waals surface area contributed by atoms with Crippen molar-refractivity contribution in [2.45, 2.75) is 31.1 Å². The van der Waals surface area contributed by atoms with Gasteiger partial charge in [-0.05, 0) is 17.9 Å². The van der Waals surface area contributed by atoms with Crippen LogP contribution >= 0.6 is 11.3 Å². The van der Waals surface area contributed by atoms with Crippen molar-refractivity contribution in [1.82, 2.24) is 10.4 Å². The SMILES string of the molecule is CN/N=C(\N)c1ccc(C(C(=O)Nc2ncc(C#N)s2)C2CCC(F)(F)C2)cc1. The van der Waals surface area contributed by atoms with Crippen LogP contribution in [0.3, 0.4) is 0 Å². The molecule has 0 bridgehead atoms. The molecule has 3 rings (SSSR count). The highest BCUT2D eigenvalue weighted by Gasteiger charge is 2.45. The molecule has 0 saturated heterocycles. The highest BCUT2D eigenvalue weighted by atomic mass is 32.1. The Morgan fingerprint density at radius 1 is 1.45 bits per heavy atom. The first-order valence-electron chi connectivity index (χ1n) is 8.98. The number of nitrogens with two attached hydrogens (primary N) is 1. The predicted molar refractivity (Wildman–Crippen MR) is 107 cm³/mol. The van der Waals surface area contributed by atoms with Crippen molar-refractivity contribution in [3.63, 3.8) is 0 Å². The second-order valence-corrected chi connectivity index (χ2v) is 7.84. The summed E-state index contributed by atoms with van der Waals surface area (Å²) in [7, 11) is 1.62. The summed E-state index contributed by atoms with van der Waals surface area (Å²) < 4.78 is 27.7. The number of hydrazone groups is 1. The number of alkyl halides is 2. The minimum Gasteiger partial charge on any atom is -0.382 e. The van der Waals surface area contributed by atoms with E-state index >= 15 is 0 Å². The van der Waals surface area contributed by atoms with Gasteiger partial charge in [-0.3, -0.25) is 4.79 Å². The Morgan fingerprint density at radius 2 is 2.17 bits per heavy atom. The second kappa shape index (κ2) is 8.53. The van der Waals surface area contributed by atoms with E-state index in [1.54, 1.807) is 31.3 Å². The van der Waals surface area contributed by atoms with Gasteiger partial charge in [-0.25, -0.2) is 13.8 Å². The fourth-order valence-corrected chi connectivity index (χ4v) is 4.14. The Morgan fingerprint density at radius 3 is 2.72 bits per heavy atom. The Hall–Kier alpha value is -3.06. The Balaban J connectivity index is 1.88. The molecular formula is C19H20F2N6OS. The summed E-state index contributed by atoms with van der Waals surface area (Å²) in [6.45, 7) is 0. The molecule has 0 radical (unpaired) electrons. The average molecular weight is 418 g/mol. The molecule has 29 heavy (non-hydrogen) atoms. The number of benzene rings is 1. The van der Waals surface area contributed by atoms with Gasteiger partial charge in [0.15, 0.2) is 11.0 Å². The number of thiazole rings is 1. The van der Waals surface area contributed by atoms with E-state index in [0.29, 0.717) is 16.0 Å². The van der Waals surface area contributed by atoms with Crippen LogP contribution in [0.2, 0.25) is 0 Å². The van der Waals surface area contributed by atoms with Crippen LogP contribution in [0.25, 0.3) is 0 Å². The van der Waals surface area contributed by atoms with Gasteiger partial charge in [0.05, 0.1) is 12.1 Å². The average Bonchev–Trinajstić information content (AvgIpc) is 3.28. The first-order chi connectivity index (χ1) is 13.8. The van der Waals surface area contributed by atoms with Crippen LogP contribution < -0.4 is 16.5 Å². The zero-order chi connectivity index (χ0) is 21.0. The molecule has 1 fully saturated rings. The zero-order valence-electron chi connectivity index (χ0n) is 15.7. The number of nitrogens with one attached hydrogen (secondary N) is 2. The third-order valence-electron chi connectivity index (χ3n) is 4.84. The number of nitriles is 1. The minimum atomic E-state index is -2.78. The number of nitrogens with zero attached hydrogens (tertiary/aromatic N) is 3. The summed E-state index contributed by atoms with van der Waals surface area (Å²) in [5, 5.41) is 15.7. The van der Waals surface area contributed by atoms with Crippen LogP contribution in [0.4, 0.5) is 13.9 Å². The lowest BCUT2D eigenvalue weighted by molar-refractivity contribution is -0.118. The molecule has 1 aliphatic rings. The molecule has 152 valence electrons. The first kappa shape index (κ1) is 20.7. The highest BCUT2D eigenvalue weighted by Crippen LogP contribution is 2.45. The number of rotatable bonds is 6. The number of hydrogen-bond donors (Lipinski definition) is 3. The summed E-state index contributed by atoms with van der Waals surface area (Å²) in [4.78, 5) is 17.3. The molecule has 7 nitrogen and oxygen atoms in total. The van der Waals surface area contributed by atoms with Crippen LogP contribution in [0.1, 0.15) is 41.2 Å². The van der Waals surface area contributed by atoms with E-state index in [2.05, 4.69) is 20.8 Å².